The summed E-state index contributed by atoms with van der Waals surface area (Å²) >= 11 is 0. The second-order valence-corrected chi connectivity index (χ2v) is 1.50. The van der Waals surface area contributed by atoms with Gasteiger partial charge in [0.2, 0.25) is 0 Å². The Bertz CT molecular complexity index is 149. The fourth-order valence-corrected chi connectivity index (χ4v) is 0.199. The number of rotatable bonds is 2. The maximum Gasteiger partial charge on any atom is 0.409 e. The lowest BCUT2D eigenvalue weighted by Gasteiger charge is -1.91. The Hall–Kier alpha value is -1.25. The highest BCUT2D eigenvalue weighted by Crippen LogP contribution is 1.91. The maximum atomic E-state index is 9.94. The first kappa shape index (κ1) is 7.75. The van der Waals surface area contributed by atoms with Crippen molar-refractivity contribution < 1.29 is 9.53 Å². The Balaban J connectivity index is 3.69. The molecule has 0 radical (unpaired) electrons. The maximum absolute atomic E-state index is 9.94. The van der Waals surface area contributed by atoms with Gasteiger partial charge in [0, 0.05) is 0 Å². The van der Waals surface area contributed by atoms with Crippen LogP contribution < -0.4 is 5.73 Å². The van der Waals surface area contributed by atoms with Crippen LogP contribution in [0, 0.1) is 0 Å². The summed E-state index contributed by atoms with van der Waals surface area (Å²) in [5.41, 5.74) is 5.41. The third kappa shape index (κ3) is 4.61. The van der Waals surface area contributed by atoms with Crippen LogP contribution in [0.5, 0.6) is 0 Å². The van der Waals surface area contributed by atoms with Crippen LogP contribution in [0.4, 0.5) is 4.79 Å². The van der Waals surface area contributed by atoms with Crippen molar-refractivity contribution >= 4 is 6.09 Å². The zero-order valence-corrected chi connectivity index (χ0v) is 5.26. The number of hydrogen-bond acceptors (Lipinski definition) is 2. The molecule has 0 heterocycles. The molecule has 3 heteroatoms. The van der Waals surface area contributed by atoms with Gasteiger partial charge in [-0.2, -0.15) is 0 Å². The van der Waals surface area contributed by atoms with Crippen molar-refractivity contribution in [2.24, 2.45) is 5.73 Å². The third-order valence-corrected chi connectivity index (χ3v) is 0.683. The van der Waals surface area contributed by atoms with Crippen molar-refractivity contribution in [1.29, 1.82) is 0 Å². The molecule has 0 aliphatic heterocycles. The standard InChI is InChI=1S/C6H9NO2/c1-3-5(2)4-9-6(7)8/h3-4H,1H2,2H3,(H2,7,8)/b5-4-. The van der Waals surface area contributed by atoms with Gasteiger partial charge in [0.05, 0.1) is 6.26 Å². The van der Waals surface area contributed by atoms with Crippen LogP contribution in [0.25, 0.3) is 0 Å². The molecule has 0 saturated heterocycles. The van der Waals surface area contributed by atoms with E-state index in [4.69, 9.17) is 0 Å². The topological polar surface area (TPSA) is 52.3 Å². The summed E-state index contributed by atoms with van der Waals surface area (Å²) < 4.78 is 4.30. The SMILES string of the molecule is C=C/C(C)=C\OC(N)=O. The minimum absolute atomic E-state index is 0.758. The van der Waals surface area contributed by atoms with E-state index in [1.54, 1.807) is 13.0 Å². The van der Waals surface area contributed by atoms with Crippen LogP contribution in [0.3, 0.4) is 0 Å². The predicted octanol–water partition coefficient (Wildman–Crippen LogP) is 1.17. The summed E-state index contributed by atoms with van der Waals surface area (Å²) in [5.74, 6) is 0. The number of hydrogen-bond donors (Lipinski definition) is 1. The predicted molar refractivity (Wildman–Crippen MR) is 34.6 cm³/mol. The first-order valence-electron chi connectivity index (χ1n) is 2.42. The molecule has 0 fully saturated rings. The number of ether oxygens (including phenoxy) is 1. The molecule has 0 saturated carbocycles. The zero-order valence-electron chi connectivity index (χ0n) is 5.26. The van der Waals surface area contributed by atoms with Gasteiger partial charge in [-0.15, -0.1) is 0 Å². The molecule has 0 unspecified atom stereocenters. The van der Waals surface area contributed by atoms with E-state index in [1.165, 1.54) is 6.26 Å². The minimum atomic E-state index is -0.809. The molecule has 0 bridgehead atoms. The van der Waals surface area contributed by atoms with Crippen molar-refractivity contribution in [2.75, 3.05) is 0 Å². The second-order valence-electron chi connectivity index (χ2n) is 1.50. The van der Waals surface area contributed by atoms with E-state index in [-0.39, 0.29) is 0 Å². The van der Waals surface area contributed by atoms with Crippen LogP contribution in [0.2, 0.25) is 0 Å². The molecule has 1 amide bonds. The number of allylic oxidation sites excluding steroid dienone is 2. The molecule has 0 rings (SSSR count). The van der Waals surface area contributed by atoms with Crippen LogP contribution in [0.15, 0.2) is 24.5 Å². The summed E-state index contributed by atoms with van der Waals surface area (Å²) in [7, 11) is 0. The molecule has 0 aromatic rings. The molecule has 0 aromatic heterocycles. The molecular weight excluding hydrogens is 118 g/mol. The van der Waals surface area contributed by atoms with Gasteiger partial charge >= 0.3 is 6.09 Å². The summed E-state index contributed by atoms with van der Waals surface area (Å²) in [5, 5.41) is 0. The fourth-order valence-electron chi connectivity index (χ4n) is 0.199. The van der Waals surface area contributed by atoms with E-state index in [2.05, 4.69) is 17.0 Å². The molecule has 9 heavy (non-hydrogen) atoms. The van der Waals surface area contributed by atoms with E-state index in [0.717, 1.165) is 5.57 Å². The highest BCUT2D eigenvalue weighted by atomic mass is 16.5. The van der Waals surface area contributed by atoms with Crippen LogP contribution in [-0.2, 0) is 4.74 Å². The van der Waals surface area contributed by atoms with Gasteiger partial charge < -0.3 is 10.5 Å². The monoisotopic (exact) mass is 127 g/mol. The smallest absolute Gasteiger partial charge is 0.409 e. The molecule has 0 aliphatic rings. The first-order chi connectivity index (χ1) is 4.16. The summed E-state index contributed by atoms with van der Waals surface area (Å²) in [6.07, 6.45) is 1.99. The molecule has 3 nitrogen and oxygen atoms in total. The lowest BCUT2D eigenvalue weighted by molar-refractivity contribution is 0.196. The van der Waals surface area contributed by atoms with Gasteiger partial charge in [-0.05, 0) is 12.5 Å². The zero-order chi connectivity index (χ0) is 7.28. The summed E-state index contributed by atoms with van der Waals surface area (Å²) in [6.45, 7) is 5.18. The van der Waals surface area contributed by atoms with E-state index >= 15 is 0 Å². The van der Waals surface area contributed by atoms with Crippen molar-refractivity contribution in [2.45, 2.75) is 6.92 Å². The van der Waals surface area contributed by atoms with Crippen molar-refractivity contribution in [3.63, 3.8) is 0 Å². The highest BCUT2D eigenvalue weighted by molar-refractivity contribution is 5.65. The second kappa shape index (κ2) is 3.72. The quantitative estimate of drug-likeness (QED) is 0.447. The minimum Gasteiger partial charge on any atom is -0.418 e. The van der Waals surface area contributed by atoms with E-state index < -0.39 is 6.09 Å². The largest absolute Gasteiger partial charge is 0.418 e. The number of carbonyl (C=O) groups excluding carboxylic acids is 1. The normalized spacial score (nSPS) is 10.6. The third-order valence-electron chi connectivity index (χ3n) is 0.683. The van der Waals surface area contributed by atoms with E-state index in [9.17, 15) is 4.79 Å². The Morgan fingerprint density at radius 3 is 2.67 bits per heavy atom. The van der Waals surface area contributed by atoms with Gasteiger partial charge in [-0.25, -0.2) is 4.79 Å². The Kier molecular flexibility index (Phi) is 3.20. The molecule has 0 atom stereocenters. The molecule has 0 spiro atoms. The van der Waals surface area contributed by atoms with E-state index in [1.807, 2.05) is 0 Å². The van der Waals surface area contributed by atoms with Crippen molar-refractivity contribution in [3.05, 3.63) is 24.5 Å². The van der Waals surface area contributed by atoms with Gasteiger partial charge in [0.15, 0.2) is 0 Å². The summed E-state index contributed by atoms with van der Waals surface area (Å²) in [6, 6.07) is 0. The Morgan fingerprint density at radius 1 is 1.78 bits per heavy atom. The summed E-state index contributed by atoms with van der Waals surface area (Å²) in [4.78, 5) is 9.94. The lowest BCUT2D eigenvalue weighted by Crippen LogP contribution is -2.09. The van der Waals surface area contributed by atoms with Gasteiger partial charge in [0.25, 0.3) is 0 Å². The average molecular weight is 127 g/mol. The van der Waals surface area contributed by atoms with Crippen LogP contribution in [-0.4, -0.2) is 6.09 Å². The van der Waals surface area contributed by atoms with Crippen LogP contribution >= 0.6 is 0 Å². The number of primary amides is 1. The van der Waals surface area contributed by atoms with Gasteiger partial charge in [-0.3, -0.25) is 0 Å². The molecule has 0 aliphatic carbocycles. The molecule has 0 aromatic carbocycles. The van der Waals surface area contributed by atoms with Crippen molar-refractivity contribution in [3.8, 4) is 0 Å². The lowest BCUT2D eigenvalue weighted by atomic mass is 10.3. The van der Waals surface area contributed by atoms with Gasteiger partial charge in [-0.1, -0.05) is 12.7 Å². The Labute approximate surface area is 53.8 Å². The number of nitrogens with two attached hydrogens (primary N) is 1. The molecular formula is C6H9NO2. The van der Waals surface area contributed by atoms with E-state index in [0.29, 0.717) is 0 Å². The Morgan fingerprint density at radius 2 is 2.33 bits per heavy atom. The highest BCUT2D eigenvalue weighted by Gasteiger charge is 1.86. The first-order valence-corrected chi connectivity index (χ1v) is 2.42. The molecule has 2 N–H and O–H groups in total. The fraction of sp³-hybridized carbons (Fsp3) is 0.167. The van der Waals surface area contributed by atoms with Crippen LogP contribution in [0.1, 0.15) is 6.92 Å². The number of carbonyl (C=O) groups is 1. The van der Waals surface area contributed by atoms with Crippen molar-refractivity contribution in [1.82, 2.24) is 0 Å². The average Bonchev–Trinajstić information content (AvgIpc) is 1.83. The molecule has 50 valence electrons. The van der Waals surface area contributed by atoms with Gasteiger partial charge in [0.1, 0.15) is 0 Å². The number of amides is 1.